The first-order valence-corrected chi connectivity index (χ1v) is 13.3. The Balaban J connectivity index is 1.28. The predicted molar refractivity (Wildman–Crippen MR) is 135 cm³/mol. The molecule has 3 aliphatic rings. The Hall–Kier alpha value is -3.40. The summed E-state index contributed by atoms with van der Waals surface area (Å²) >= 11 is 1.52. The summed E-state index contributed by atoms with van der Waals surface area (Å²) in [5.74, 6) is -0.660. The summed E-state index contributed by atoms with van der Waals surface area (Å²) in [4.78, 5) is 59.6. The second-order valence-corrected chi connectivity index (χ2v) is 10.3. The molecule has 2 fully saturated rings. The molecule has 36 heavy (non-hydrogen) atoms. The number of thiophene rings is 1. The molecule has 0 N–H and O–H groups in total. The fraction of sp³-hybridized carbons (Fsp3) is 0.462. The molecule has 1 aromatic carbocycles. The minimum absolute atomic E-state index is 0.0810. The van der Waals surface area contributed by atoms with Gasteiger partial charge in [0, 0.05) is 44.1 Å². The molecular formula is C26H30N4O5S. The van der Waals surface area contributed by atoms with Crippen molar-refractivity contribution in [1.82, 2.24) is 14.7 Å². The first-order chi connectivity index (χ1) is 17.5. The zero-order valence-corrected chi connectivity index (χ0v) is 21.2. The standard InChI is InChI=1S/C26H30N4O5S/c1-2-35-26(34)28-13-11-27(12-14-28)23(31)18-6-4-10-29(16-18)21-9-3-8-20-22(21)25(33)30(24(20)32)17-19-7-5-15-36-19/h3,5,7-9,15,18H,2,4,6,10-14,16-17H2,1H3. The van der Waals surface area contributed by atoms with Gasteiger partial charge in [-0.15, -0.1) is 11.3 Å². The first-order valence-electron chi connectivity index (χ1n) is 12.4. The number of rotatable bonds is 5. The van der Waals surface area contributed by atoms with E-state index in [9.17, 15) is 19.2 Å². The zero-order chi connectivity index (χ0) is 25.2. The van der Waals surface area contributed by atoms with Crippen molar-refractivity contribution >= 4 is 40.8 Å². The molecule has 1 atom stereocenters. The molecule has 2 aromatic rings. The Bertz CT molecular complexity index is 1160. The highest BCUT2D eigenvalue weighted by Gasteiger charge is 2.40. The summed E-state index contributed by atoms with van der Waals surface area (Å²) in [5, 5.41) is 1.93. The van der Waals surface area contributed by atoms with Crippen LogP contribution < -0.4 is 4.90 Å². The van der Waals surface area contributed by atoms with Crippen LogP contribution in [-0.4, -0.2) is 84.4 Å². The first kappa shape index (κ1) is 24.3. The van der Waals surface area contributed by atoms with Gasteiger partial charge < -0.3 is 19.4 Å². The number of nitrogens with zero attached hydrogens (tertiary/aromatic N) is 4. The number of hydrogen-bond donors (Lipinski definition) is 0. The van der Waals surface area contributed by atoms with E-state index < -0.39 is 0 Å². The molecule has 0 saturated carbocycles. The Labute approximate surface area is 214 Å². The summed E-state index contributed by atoms with van der Waals surface area (Å²) in [5.41, 5.74) is 1.59. The molecule has 4 heterocycles. The molecule has 5 rings (SSSR count). The van der Waals surface area contributed by atoms with E-state index in [4.69, 9.17) is 4.74 Å². The third-order valence-corrected chi connectivity index (χ3v) is 7.96. The van der Waals surface area contributed by atoms with Crippen LogP contribution in [0.25, 0.3) is 0 Å². The van der Waals surface area contributed by atoms with Gasteiger partial charge in [0.1, 0.15) is 0 Å². The Kier molecular flexibility index (Phi) is 6.95. The molecule has 1 unspecified atom stereocenters. The van der Waals surface area contributed by atoms with Gasteiger partial charge in [-0.25, -0.2) is 4.79 Å². The number of amides is 4. The van der Waals surface area contributed by atoms with E-state index in [1.165, 1.54) is 16.2 Å². The van der Waals surface area contributed by atoms with Gasteiger partial charge in [-0.3, -0.25) is 19.3 Å². The lowest BCUT2D eigenvalue weighted by molar-refractivity contribution is -0.137. The molecule has 0 spiro atoms. The van der Waals surface area contributed by atoms with Crippen molar-refractivity contribution in [2.24, 2.45) is 5.92 Å². The number of piperidine rings is 1. The van der Waals surface area contributed by atoms with Crippen LogP contribution >= 0.6 is 11.3 Å². The van der Waals surface area contributed by atoms with Gasteiger partial charge in [0.15, 0.2) is 0 Å². The molecule has 0 bridgehead atoms. The van der Waals surface area contributed by atoms with Crippen molar-refractivity contribution < 1.29 is 23.9 Å². The highest BCUT2D eigenvalue weighted by molar-refractivity contribution is 7.09. The second kappa shape index (κ2) is 10.3. The molecule has 0 aliphatic carbocycles. The fourth-order valence-corrected chi connectivity index (χ4v) is 5.95. The summed E-state index contributed by atoms with van der Waals surface area (Å²) in [7, 11) is 0. The van der Waals surface area contributed by atoms with Gasteiger partial charge in [-0.05, 0) is 43.3 Å². The normalized spacial score (nSPS) is 20.1. The topological polar surface area (TPSA) is 90.5 Å². The lowest BCUT2D eigenvalue weighted by Crippen LogP contribution is -2.53. The van der Waals surface area contributed by atoms with Gasteiger partial charge in [-0.1, -0.05) is 12.1 Å². The van der Waals surface area contributed by atoms with E-state index in [0.29, 0.717) is 50.5 Å². The number of hydrogen-bond acceptors (Lipinski definition) is 7. The lowest BCUT2D eigenvalue weighted by Gasteiger charge is -2.39. The maximum atomic E-state index is 13.4. The Morgan fingerprint density at radius 1 is 1.00 bits per heavy atom. The number of anilines is 1. The van der Waals surface area contributed by atoms with Crippen molar-refractivity contribution in [3.8, 4) is 0 Å². The molecule has 10 heteroatoms. The molecule has 1 aromatic heterocycles. The van der Waals surface area contributed by atoms with E-state index >= 15 is 0 Å². The molecule has 190 valence electrons. The quantitative estimate of drug-likeness (QED) is 0.575. The smallest absolute Gasteiger partial charge is 0.409 e. The number of ether oxygens (including phenoxy) is 1. The van der Waals surface area contributed by atoms with E-state index in [1.807, 2.05) is 34.5 Å². The van der Waals surface area contributed by atoms with E-state index in [0.717, 1.165) is 30.0 Å². The molecule has 0 radical (unpaired) electrons. The van der Waals surface area contributed by atoms with Gasteiger partial charge in [-0.2, -0.15) is 0 Å². The van der Waals surface area contributed by atoms with Crippen molar-refractivity contribution in [2.45, 2.75) is 26.3 Å². The van der Waals surface area contributed by atoms with Crippen LogP contribution in [0.5, 0.6) is 0 Å². The predicted octanol–water partition coefficient (Wildman–Crippen LogP) is 3.06. The maximum absolute atomic E-state index is 13.4. The van der Waals surface area contributed by atoms with Crippen LogP contribution in [0.4, 0.5) is 10.5 Å². The van der Waals surface area contributed by atoms with Crippen molar-refractivity contribution in [3.05, 3.63) is 51.7 Å². The Morgan fingerprint density at radius 3 is 2.50 bits per heavy atom. The average Bonchev–Trinajstić information content (AvgIpc) is 3.51. The minimum atomic E-state index is -0.335. The van der Waals surface area contributed by atoms with Crippen LogP contribution in [0.15, 0.2) is 35.7 Å². The highest BCUT2D eigenvalue weighted by Crippen LogP contribution is 2.35. The molecule has 4 amide bonds. The fourth-order valence-electron chi connectivity index (χ4n) is 5.26. The van der Waals surface area contributed by atoms with Crippen LogP contribution in [0.2, 0.25) is 0 Å². The number of imide groups is 1. The average molecular weight is 511 g/mol. The highest BCUT2D eigenvalue weighted by atomic mass is 32.1. The summed E-state index contributed by atoms with van der Waals surface area (Å²) in [6.07, 6.45) is 1.27. The number of benzene rings is 1. The van der Waals surface area contributed by atoms with E-state index in [2.05, 4.69) is 4.90 Å². The second-order valence-electron chi connectivity index (χ2n) is 9.27. The minimum Gasteiger partial charge on any atom is -0.450 e. The number of carbonyl (C=O) groups is 4. The Morgan fingerprint density at radius 2 is 1.78 bits per heavy atom. The molecular weight excluding hydrogens is 480 g/mol. The SMILES string of the molecule is CCOC(=O)N1CCN(C(=O)C2CCCN(c3cccc4c3C(=O)N(Cc3cccs3)C4=O)C2)CC1. The molecule has 2 saturated heterocycles. The zero-order valence-electron chi connectivity index (χ0n) is 20.4. The summed E-state index contributed by atoms with van der Waals surface area (Å²) in [6.45, 7) is 5.50. The van der Waals surface area contributed by atoms with Crippen LogP contribution in [0.1, 0.15) is 45.4 Å². The lowest BCUT2D eigenvalue weighted by atomic mass is 9.94. The van der Waals surface area contributed by atoms with Crippen molar-refractivity contribution in [2.75, 3.05) is 50.8 Å². The molecule has 9 nitrogen and oxygen atoms in total. The third-order valence-electron chi connectivity index (χ3n) is 7.10. The molecule has 3 aliphatic heterocycles. The van der Waals surface area contributed by atoms with Crippen LogP contribution in [0.3, 0.4) is 0 Å². The summed E-state index contributed by atoms with van der Waals surface area (Å²) in [6, 6.07) is 9.23. The maximum Gasteiger partial charge on any atom is 0.409 e. The number of fused-ring (bicyclic) bond motifs is 1. The van der Waals surface area contributed by atoms with E-state index in [1.54, 1.807) is 17.9 Å². The third kappa shape index (κ3) is 4.57. The van der Waals surface area contributed by atoms with E-state index in [-0.39, 0.29) is 36.3 Å². The van der Waals surface area contributed by atoms with Gasteiger partial charge in [0.2, 0.25) is 5.91 Å². The number of carbonyl (C=O) groups excluding carboxylic acids is 4. The van der Waals surface area contributed by atoms with Crippen molar-refractivity contribution in [3.63, 3.8) is 0 Å². The monoisotopic (exact) mass is 510 g/mol. The number of piperazine rings is 1. The summed E-state index contributed by atoms with van der Waals surface area (Å²) < 4.78 is 5.07. The van der Waals surface area contributed by atoms with Gasteiger partial charge >= 0.3 is 6.09 Å². The van der Waals surface area contributed by atoms with Crippen molar-refractivity contribution in [1.29, 1.82) is 0 Å². The van der Waals surface area contributed by atoms with Gasteiger partial charge in [0.25, 0.3) is 11.8 Å². The van der Waals surface area contributed by atoms with Crippen LogP contribution in [0, 0.1) is 5.92 Å². The van der Waals surface area contributed by atoms with Crippen LogP contribution in [-0.2, 0) is 16.1 Å². The largest absolute Gasteiger partial charge is 0.450 e. The van der Waals surface area contributed by atoms with Gasteiger partial charge in [0.05, 0.1) is 35.9 Å².